The van der Waals surface area contributed by atoms with Gasteiger partial charge in [0, 0.05) is 22.2 Å². The van der Waals surface area contributed by atoms with Crippen molar-refractivity contribution in [3.05, 3.63) is 63.7 Å². The lowest BCUT2D eigenvalue weighted by Crippen LogP contribution is -1.96. The highest BCUT2D eigenvalue weighted by Crippen LogP contribution is 2.28. The van der Waals surface area contributed by atoms with Crippen LogP contribution in [0.15, 0.2) is 41.3 Å². The van der Waals surface area contributed by atoms with Crippen LogP contribution in [0.4, 0.5) is 0 Å². The molecule has 0 saturated heterocycles. The van der Waals surface area contributed by atoms with Crippen LogP contribution in [0.2, 0.25) is 5.02 Å². The van der Waals surface area contributed by atoms with Crippen LogP contribution in [0.1, 0.15) is 22.3 Å². The van der Waals surface area contributed by atoms with Gasteiger partial charge in [0.2, 0.25) is 0 Å². The third-order valence-electron chi connectivity index (χ3n) is 2.93. The number of hydrogen-bond acceptors (Lipinski definition) is 2. The van der Waals surface area contributed by atoms with E-state index in [-0.39, 0.29) is 0 Å². The Kier molecular flexibility index (Phi) is 4.92. The lowest BCUT2D eigenvalue weighted by molar-refractivity contribution is 1.07. The number of thioether (sulfide) groups is 1. The maximum atomic E-state index is 6.17. The molecule has 0 aliphatic carbocycles. The number of halogens is 1. The maximum absolute atomic E-state index is 6.17. The van der Waals surface area contributed by atoms with Crippen molar-refractivity contribution in [3.63, 3.8) is 0 Å². The number of aryl methyl sites for hydroxylation is 2. The lowest BCUT2D eigenvalue weighted by Gasteiger charge is -2.07. The molecule has 0 unspecified atom stereocenters. The van der Waals surface area contributed by atoms with Crippen LogP contribution < -0.4 is 5.73 Å². The van der Waals surface area contributed by atoms with Crippen LogP contribution in [0.3, 0.4) is 0 Å². The summed E-state index contributed by atoms with van der Waals surface area (Å²) in [6, 6.07) is 12.7. The van der Waals surface area contributed by atoms with Crippen molar-refractivity contribution in [2.24, 2.45) is 5.73 Å². The Bertz CT molecular complexity index is 561. The quantitative estimate of drug-likeness (QED) is 0.826. The molecule has 100 valence electrons. The molecule has 19 heavy (non-hydrogen) atoms. The van der Waals surface area contributed by atoms with E-state index >= 15 is 0 Å². The second-order valence-electron chi connectivity index (χ2n) is 4.74. The van der Waals surface area contributed by atoms with Gasteiger partial charge in [0.25, 0.3) is 0 Å². The highest BCUT2D eigenvalue weighted by molar-refractivity contribution is 7.98. The van der Waals surface area contributed by atoms with Gasteiger partial charge in [-0.1, -0.05) is 47.0 Å². The third kappa shape index (κ3) is 4.00. The largest absolute Gasteiger partial charge is 0.326 e. The predicted octanol–water partition coefficient (Wildman–Crippen LogP) is 4.71. The van der Waals surface area contributed by atoms with Gasteiger partial charge in [-0.15, -0.1) is 11.8 Å². The van der Waals surface area contributed by atoms with Gasteiger partial charge < -0.3 is 5.73 Å². The van der Waals surface area contributed by atoms with E-state index in [0.717, 1.165) is 16.3 Å². The molecule has 0 aliphatic heterocycles. The molecule has 0 amide bonds. The molecule has 1 nitrogen and oxygen atoms in total. The Morgan fingerprint density at radius 2 is 1.74 bits per heavy atom. The molecule has 0 saturated carbocycles. The normalized spacial score (nSPS) is 10.7. The Morgan fingerprint density at radius 1 is 1.05 bits per heavy atom. The first-order chi connectivity index (χ1) is 9.08. The number of hydrogen-bond donors (Lipinski definition) is 1. The minimum atomic E-state index is 0.487. The second kappa shape index (κ2) is 6.47. The molecule has 0 spiro atoms. The maximum Gasteiger partial charge on any atom is 0.0462 e. The Balaban J connectivity index is 2.08. The first-order valence-corrected chi connectivity index (χ1v) is 7.63. The van der Waals surface area contributed by atoms with Crippen molar-refractivity contribution in [1.82, 2.24) is 0 Å². The molecular formula is C16H18ClNS. The van der Waals surface area contributed by atoms with E-state index in [9.17, 15) is 0 Å². The van der Waals surface area contributed by atoms with Crippen molar-refractivity contribution in [2.75, 3.05) is 0 Å². The molecule has 0 fully saturated rings. The summed E-state index contributed by atoms with van der Waals surface area (Å²) in [4.78, 5) is 1.18. The Labute approximate surface area is 124 Å². The van der Waals surface area contributed by atoms with Crippen LogP contribution in [-0.4, -0.2) is 0 Å². The van der Waals surface area contributed by atoms with Gasteiger partial charge in [-0.05, 0) is 37.1 Å². The Hall–Kier alpha value is -0.960. The minimum Gasteiger partial charge on any atom is -0.326 e. The number of benzene rings is 2. The molecule has 0 aromatic heterocycles. The highest BCUT2D eigenvalue weighted by Gasteiger charge is 2.02. The van der Waals surface area contributed by atoms with Gasteiger partial charge in [-0.25, -0.2) is 0 Å². The molecular weight excluding hydrogens is 274 g/mol. The van der Waals surface area contributed by atoms with Gasteiger partial charge in [0.05, 0.1) is 0 Å². The van der Waals surface area contributed by atoms with Gasteiger partial charge in [0.15, 0.2) is 0 Å². The zero-order valence-electron chi connectivity index (χ0n) is 11.2. The van der Waals surface area contributed by atoms with Gasteiger partial charge in [-0.3, -0.25) is 0 Å². The van der Waals surface area contributed by atoms with Crippen molar-refractivity contribution in [2.45, 2.75) is 31.0 Å². The number of rotatable bonds is 4. The molecule has 2 aromatic rings. The lowest BCUT2D eigenvalue weighted by atomic mass is 10.1. The average Bonchev–Trinajstić information content (AvgIpc) is 2.35. The fourth-order valence-electron chi connectivity index (χ4n) is 2.10. The van der Waals surface area contributed by atoms with E-state index in [1.807, 2.05) is 12.1 Å². The predicted molar refractivity (Wildman–Crippen MR) is 84.8 cm³/mol. The van der Waals surface area contributed by atoms with E-state index in [1.54, 1.807) is 11.8 Å². The van der Waals surface area contributed by atoms with Gasteiger partial charge in [-0.2, -0.15) is 0 Å². The van der Waals surface area contributed by atoms with Crippen LogP contribution >= 0.6 is 23.4 Å². The topological polar surface area (TPSA) is 26.0 Å². The van der Waals surface area contributed by atoms with Gasteiger partial charge in [0.1, 0.15) is 0 Å². The van der Waals surface area contributed by atoms with E-state index in [0.29, 0.717) is 6.54 Å². The van der Waals surface area contributed by atoms with Crippen LogP contribution in [0.25, 0.3) is 0 Å². The summed E-state index contributed by atoms with van der Waals surface area (Å²) in [6.45, 7) is 4.75. The smallest absolute Gasteiger partial charge is 0.0462 e. The molecule has 2 rings (SSSR count). The zero-order valence-corrected chi connectivity index (χ0v) is 12.8. The molecule has 0 aliphatic rings. The summed E-state index contributed by atoms with van der Waals surface area (Å²) < 4.78 is 0. The van der Waals surface area contributed by atoms with Crippen LogP contribution in [0.5, 0.6) is 0 Å². The molecule has 0 bridgehead atoms. The first-order valence-electron chi connectivity index (χ1n) is 6.27. The standard InChI is InChI=1S/C16H18ClNS/c1-11-5-12(2)7-13(6-11)10-19-15-4-3-14(9-18)16(17)8-15/h3-8H,9-10,18H2,1-2H3. The fourth-order valence-corrected chi connectivity index (χ4v) is 3.29. The minimum absolute atomic E-state index is 0.487. The molecule has 3 heteroatoms. The monoisotopic (exact) mass is 291 g/mol. The van der Waals surface area contributed by atoms with E-state index < -0.39 is 0 Å². The summed E-state index contributed by atoms with van der Waals surface area (Å²) in [7, 11) is 0. The fraction of sp³-hybridized carbons (Fsp3) is 0.250. The van der Waals surface area contributed by atoms with E-state index in [4.69, 9.17) is 17.3 Å². The SMILES string of the molecule is Cc1cc(C)cc(CSc2ccc(CN)c(Cl)c2)c1. The van der Waals surface area contributed by atoms with Gasteiger partial charge >= 0.3 is 0 Å². The average molecular weight is 292 g/mol. The summed E-state index contributed by atoms with van der Waals surface area (Å²) in [6.07, 6.45) is 0. The highest BCUT2D eigenvalue weighted by atomic mass is 35.5. The molecule has 0 heterocycles. The molecule has 2 aromatic carbocycles. The van der Waals surface area contributed by atoms with E-state index in [2.05, 4.69) is 38.1 Å². The summed E-state index contributed by atoms with van der Waals surface area (Å²) >= 11 is 7.97. The zero-order chi connectivity index (χ0) is 13.8. The van der Waals surface area contributed by atoms with Crippen LogP contribution in [-0.2, 0) is 12.3 Å². The van der Waals surface area contributed by atoms with Crippen molar-refractivity contribution in [1.29, 1.82) is 0 Å². The van der Waals surface area contributed by atoms with E-state index in [1.165, 1.54) is 21.6 Å². The van der Waals surface area contributed by atoms with Crippen LogP contribution in [0, 0.1) is 13.8 Å². The summed E-state index contributed by atoms with van der Waals surface area (Å²) in [5.41, 5.74) is 10.6. The third-order valence-corrected chi connectivity index (χ3v) is 4.35. The molecule has 2 N–H and O–H groups in total. The van der Waals surface area contributed by atoms with Crippen molar-refractivity contribution in [3.8, 4) is 0 Å². The molecule has 0 radical (unpaired) electrons. The number of nitrogens with two attached hydrogens (primary N) is 1. The summed E-state index contributed by atoms with van der Waals surface area (Å²) in [5, 5.41) is 0.757. The van der Waals surface area contributed by atoms with Crippen molar-refractivity contribution >= 4 is 23.4 Å². The Morgan fingerprint density at radius 3 is 2.32 bits per heavy atom. The van der Waals surface area contributed by atoms with Crippen molar-refractivity contribution < 1.29 is 0 Å². The summed E-state index contributed by atoms with van der Waals surface area (Å²) in [5.74, 6) is 0.959. The second-order valence-corrected chi connectivity index (χ2v) is 6.20. The molecule has 0 atom stereocenters. The first kappa shape index (κ1) is 14.4.